The molecule has 16 heavy (non-hydrogen) atoms. The van der Waals surface area contributed by atoms with Gasteiger partial charge in [0.25, 0.3) is 0 Å². The zero-order chi connectivity index (χ0) is 11.4. The van der Waals surface area contributed by atoms with E-state index >= 15 is 0 Å². The van der Waals surface area contributed by atoms with Crippen molar-refractivity contribution in [2.75, 3.05) is 6.61 Å². The van der Waals surface area contributed by atoms with Gasteiger partial charge in [0, 0.05) is 5.39 Å². The lowest BCUT2D eigenvalue weighted by Crippen LogP contribution is -2.00. The Balaban J connectivity index is 2.54. The zero-order valence-corrected chi connectivity index (χ0v) is 8.51. The molecule has 0 saturated heterocycles. The van der Waals surface area contributed by atoms with Crippen molar-refractivity contribution in [1.29, 1.82) is 0 Å². The van der Waals surface area contributed by atoms with Crippen molar-refractivity contribution in [2.24, 2.45) is 0 Å². The van der Waals surface area contributed by atoms with Gasteiger partial charge in [-0.05, 0) is 12.1 Å². The topological polar surface area (TPSA) is 39.2 Å². The Labute approximate surface area is 93.1 Å². The second-order valence-electron chi connectivity index (χ2n) is 3.19. The summed E-state index contributed by atoms with van der Waals surface area (Å²) < 4.78 is 5.21. The number of rotatable bonds is 3. The van der Waals surface area contributed by atoms with Crippen LogP contribution in [0.5, 0.6) is 5.88 Å². The van der Waals surface area contributed by atoms with Crippen LogP contribution in [0.2, 0.25) is 0 Å². The van der Waals surface area contributed by atoms with Gasteiger partial charge in [0.1, 0.15) is 0 Å². The first-order valence-corrected chi connectivity index (χ1v) is 4.76. The van der Waals surface area contributed by atoms with Crippen LogP contribution < -0.4 is 4.74 Å². The maximum Gasteiger partial charge on any atom is 0.225 e. The van der Waals surface area contributed by atoms with E-state index in [4.69, 9.17) is 11.2 Å². The number of aromatic nitrogens is 1. The van der Waals surface area contributed by atoms with Crippen molar-refractivity contribution < 1.29 is 9.53 Å². The van der Waals surface area contributed by atoms with Crippen LogP contribution in [0, 0.1) is 12.3 Å². The van der Waals surface area contributed by atoms with Crippen molar-refractivity contribution in [3.8, 4) is 18.2 Å². The van der Waals surface area contributed by atoms with E-state index in [-0.39, 0.29) is 12.5 Å². The maximum absolute atomic E-state index is 10.9. The lowest BCUT2D eigenvalue weighted by molar-refractivity contribution is 0.111. The third-order valence-electron chi connectivity index (χ3n) is 2.14. The summed E-state index contributed by atoms with van der Waals surface area (Å²) in [5, 5.41) is 0.901. The summed E-state index contributed by atoms with van der Waals surface area (Å²) in [6.45, 7) is 0.103. The minimum atomic E-state index is 0.103. The Hall–Kier alpha value is -2.34. The van der Waals surface area contributed by atoms with Crippen molar-refractivity contribution in [1.82, 2.24) is 4.98 Å². The number of fused-ring (bicyclic) bond motifs is 1. The molecule has 78 valence electrons. The van der Waals surface area contributed by atoms with Crippen LogP contribution >= 0.6 is 0 Å². The van der Waals surface area contributed by atoms with Gasteiger partial charge in [0.2, 0.25) is 5.88 Å². The molecule has 2 rings (SSSR count). The Kier molecular flexibility index (Phi) is 2.84. The molecule has 0 N–H and O–H groups in total. The Morgan fingerprint density at radius 2 is 2.25 bits per heavy atom. The number of carbonyl (C=O) groups excluding carboxylic acids is 1. The standard InChI is InChI=1S/C13H9NO2/c1-2-7-16-13-11(9-15)8-10-5-3-4-6-12(10)14-13/h1,3-6,8-9H,7H2. The van der Waals surface area contributed by atoms with E-state index in [1.54, 1.807) is 6.07 Å². The summed E-state index contributed by atoms with van der Waals surface area (Å²) in [6.07, 6.45) is 5.80. The third-order valence-corrected chi connectivity index (χ3v) is 2.14. The van der Waals surface area contributed by atoms with Gasteiger partial charge < -0.3 is 4.74 Å². The molecule has 1 aromatic heterocycles. The summed E-state index contributed by atoms with van der Waals surface area (Å²) >= 11 is 0. The molecule has 0 aliphatic carbocycles. The Morgan fingerprint density at radius 3 is 3.00 bits per heavy atom. The number of hydrogen-bond donors (Lipinski definition) is 0. The lowest BCUT2D eigenvalue weighted by Gasteiger charge is -2.05. The predicted octanol–water partition coefficient (Wildman–Crippen LogP) is 2.06. The largest absolute Gasteiger partial charge is 0.464 e. The van der Waals surface area contributed by atoms with E-state index in [1.807, 2.05) is 24.3 Å². The van der Waals surface area contributed by atoms with Gasteiger partial charge in [-0.2, -0.15) is 0 Å². The summed E-state index contributed by atoms with van der Waals surface area (Å²) in [7, 11) is 0. The quantitative estimate of drug-likeness (QED) is 0.576. The number of benzene rings is 1. The number of para-hydroxylation sites is 1. The van der Waals surface area contributed by atoms with Gasteiger partial charge in [-0.15, -0.1) is 6.42 Å². The number of ether oxygens (including phenoxy) is 1. The summed E-state index contributed by atoms with van der Waals surface area (Å²) in [4.78, 5) is 15.1. The highest BCUT2D eigenvalue weighted by Crippen LogP contribution is 2.20. The molecule has 0 fully saturated rings. The van der Waals surface area contributed by atoms with E-state index in [0.717, 1.165) is 10.9 Å². The summed E-state index contributed by atoms with van der Waals surface area (Å²) in [5.41, 5.74) is 1.19. The molecular formula is C13H9NO2. The van der Waals surface area contributed by atoms with E-state index in [2.05, 4.69) is 10.9 Å². The molecule has 0 spiro atoms. The van der Waals surface area contributed by atoms with Crippen molar-refractivity contribution in [2.45, 2.75) is 0 Å². The maximum atomic E-state index is 10.9. The highest BCUT2D eigenvalue weighted by atomic mass is 16.5. The summed E-state index contributed by atoms with van der Waals surface area (Å²) in [5.74, 6) is 2.62. The number of terminal acetylenes is 1. The predicted molar refractivity (Wildman–Crippen MR) is 61.5 cm³/mol. The molecule has 3 heteroatoms. The van der Waals surface area contributed by atoms with Crippen molar-refractivity contribution in [3.05, 3.63) is 35.9 Å². The van der Waals surface area contributed by atoms with Gasteiger partial charge in [-0.1, -0.05) is 24.1 Å². The van der Waals surface area contributed by atoms with Gasteiger partial charge in [0.05, 0.1) is 11.1 Å². The van der Waals surface area contributed by atoms with Gasteiger partial charge in [-0.25, -0.2) is 4.98 Å². The van der Waals surface area contributed by atoms with Crippen LogP contribution in [0.15, 0.2) is 30.3 Å². The van der Waals surface area contributed by atoms with E-state index in [0.29, 0.717) is 11.8 Å². The van der Waals surface area contributed by atoms with Gasteiger partial charge in [0.15, 0.2) is 12.9 Å². The average molecular weight is 211 g/mol. The first-order chi connectivity index (χ1) is 7.85. The number of pyridine rings is 1. The number of hydrogen-bond acceptors (Lipinski definition) is 3. The van der Waals surface area contributed by atoms with Crippen LogP contribution in [-0.2, 0) is 0 Å². The fourth-order valence-electron chi connectivity index (χ4n) is 1.42. The minimum Gasteiger partial charge on any atom is -0.464 e. The molecule has 1 heterocycles. The van der Waals surface area contributed by atoms with E-state index in [9.17, 15) is 4.79 Å². The number of nitrogens with zero attached hydrogens (tertiary/aromatic N) is 1. The van der Waals surface area contributed by atoms with Crippen LogP contribution in [0.3, 0.4) is 0 Å². The fourth-order valence-corrected chi connectivity index (χ4v) is 1.42. The Bertz CT molecular complexity index is 570. The fraction of sp³-hybridized carbons (Fsp3) is 0.0769. The highest BCUT2D eigenvalue weighted by molar-refractivity contribution is 5.88. The van der Waals surface area contributed by atoms with Crippen molar-refractivity contribution >= 4 is 17.2 Å². The van der Waals surface area contributed by atoms with Crippen LogP contribution in [0.25, 0.3) is 10.9 Å². The summed E-state index contributed by atoms with van der Waals surface area (Å²) in [6, 6.07) is 9.25. The molecule has 0 aliphatic rings. The van der Waals surface area contributed by atoms with Crippen LogP contribution in [0.1, 0.15) is 10.4 Å². The molecule has 0 unspecified atom stereocenters. The van der Waals surface area contributed by atoms with Crippen LogP contribution in [0.4, 0.5) is 0 Å². The molecule has 0 bridgehead atoms. The van der Waals surface area contributed by atoms with Gasteiger partial charge in [-0.3, -0.25) is 4.79 Å². The lowest BCUT2D eigenvalue weighted by atomic mass is 10.1. The molecule has 3 nitrogen and oxygen atoms in total. The molecule has 0 atom stereocenters. The number of aldehydes is 1. The molecule has 1 aromatic carbocycles. The molecule has 2 aromatic rings. The van der Waals surface area contributed by atoms with Crippen LogP contribution in [-0.4, -0.2) is 17.9 Å². The molecular weight excluding hydrogens is 202 g/mol. The normalized spacial score (nSPS) is 9.69. The van der Waals surface area contributed by atoms with E-state index in [1.165, 1.54) is 0 Å². The first kappa shape index (κ1) is 10.2. The molecule has 0 aliphatic heterocycles. The Morgan fingerprint density at radius 1 is 1.44 bits per heavy atom. The number of carbonyl (C=O) groups is 1. The SMILES string of the molecule is C#CCOc1nc2ccccc2cc1C=O. The molecule has 0 amide bonds. The minimum absolute atomic E-state index is 0.103. The van der Waals surface area contributed by atoms with Crippen molar-refractivity contribution in [3.63, 3.8) is 0 Å². The monoisotopic (exact) mass is 211 g/mol. The third kappa shape index (κ3) is 1.86. The molecule has 0 saturated carbocycles. The second-order valence-corrected chi connectivity index (χ2v) is 3.19. The molecule has 0 radical (unpaired) electrons. The van der Waals surface area contributed by atoms with E-state index < -0.39 is 0 Å². The average Bonchev–Trinajstić information content (AvgIpc) is 2.35. The zero-order valence-electron chi connectivity index (χ0n) is 8.51. The van der Waals surface area contributed by atoms with Gasteiger partial charge >= 0.3 is 0 Å². The first-order valence-electron chi connectivity index (χ1n) is 4.76. The second kappa shape index (κ2) is 4.45. The smallest absolute Gasteiger partial charge is 0.225 e. The highest BCUT2D eigenvalue weighted by Gasteiger charge is 2.06.